The van der Waals surface area contributed by atoms with Gasteiger partial charge in [-0.2, -0.15) is 0 Å². The number of aromatic amines is 1. The van der Waals surface area contributed by atoms with Crippen molar-refractivity contribution in [3.8, 4) is 0 Å². The van der Waals surface area contributed by atoms with Crippen LogP contribution in [0.15, 0.2) is 30.3 Å². The third kappa shape index (κ3) is 3.06. The fourth-order valence-electron chi connectivity index (χ4n) is 3.24. The molecule has 4 heteroatoms. The average molecular weight is 297 g/mol. The lowest BCUT2D eigenvalue weighted by atomic mass is 9.88. The van der Waals surface area contributed by atoms with Gasteiger partial charge in [-0.1, -0.05) is 30.3 Å². The summed E-state index contributed by atoms with van der Waals surface area (Å²) < 4.78 is 0. The van der Waals surface area contributed by atoms with Crippen LogP contribution in [0.2, 0.25) is 0 Å². The summed E-state index contributed by atoms with van der Waals surface area (Å²) in [5.74, 6) is 1.30. The van der Waals surface area contributed by atoms with Gasteiger partial charge in [0, 0.05) is 31.1 Å². The smallest absolute Gasteiger partial charge is 0.226 e. The maximum Gasteiger partial charge on any atom is 0.226 e. The lowest BCUT2D eigenvalue weighted by molar-refractivity contribution is -0.136. The molecule has 0 saturated heterocycles. The van der Waals surface area contributed by atoms with Crippen LogP contribution in [0.25, 0.3) is 0 Å². The number of nitrogens with zero attached hydrogens (tertiary/aromatic N) is 2. The molecular formula is C18H23N3O. The third-order valence-corrected chi connectivity index (χ3v) is 4.42. The predicted molar refractivity (Wildman–Crippen MR) is 86.4 cm³/mol. The van der Waals surface area contributed by atoms with Crippen LogP contribution in [0.5, 0.6) is 0 Å². The SMILES string of the molecule is CCN(Cc1ccccc1)C(=O)C1CCc2nc(C)[nH]c2C1. The Morgan fingerprint density at radius 2 is 2.14 bits per heavy atom. The Labute approximate surface area is 131 Å². The zero-order chi connectivity index (χ0) is 15.5. The van der Waals surface area contributed by atoms with Crippen LogP contribution in [0.3, 0.4) is 0 Å². The summed E-state index contributed by atoms with van der Waals surface area (Å²) in [5.41, 5.74) is 3.48. The number of rotatable bonds is 4. The first kappa shape index (κ1) is 14.8. The molecule has 116 valence electrons. The molecule has 1 aromatic heterocycles. The number of hydrogen-bond donors (Lipinski definition) is 1. The van der Waals surface area contributed by atoms with Crippen molar-refractivity contribution in [2.45, 2.75) is 39.7 Å². The normalized spacial score (nSPS) is 17.1. The first-order valence-corrected chi connectivity index (χ1v) is 8.04. The Bertz CT molecular complexity index is 648. The van der Waals surface area contributed by atoms with E-state index in [2.05, 4.69) is 29.0 Å². The maximum absolute atomic E-state index is 12.8. The number of aromatic nitrogens is 2. The van der Waals surface area contributed by atoms with E-state index < -0.39 is 0 Å². The molecule has 1 aliphatic carbocycles. The van der Waals surface area contributed by atoms with Crippen molar-refractivity contribution in [1.29, 1.82) is 0 Å². The van der Waals surface area contributed by atoms with Crippen molar-refractivity contribution < 1.29 is 4.79 Å². The predicted octanol–water partition coefficient (Wildman–Crippen LogP) is 2.87. The van der Waals surface area contributed by atoms with Crippen LogP contribution in [0.1, 0.15) is 36.1 Å². The van der Waals surface area contributed by atoms with E-state index in [9.17, 15) is 4.79 Å². The summed E-state index contributed by atoms with van der Waals surface area (Å²) in [4.78, 5) is 22.6. The highest BCUT2D eigenvalue weighted by Gasteiger charge is 2.29. The van der Waals surface area contributed by atoms with Gasteiger partial charge in [0.25, 0.3) is 0 Å². The highest BCUT2D eigenvalue weighted by Crippen LogP contribution is 2.25. The molecule has 22 heavy (non-hydrogen) atoms. The number of H-pyrrole nitrogens is 1. The first-order valence-electron chi connectivity index (χ1n) is 8.04. The molecule has 1 aromatic carbocycles. The molecule has 0 bridgehead atoms. The van der Waals surface area contributed by atoms with E-state index in [4.69, 9.17) is 0 Å². The molecule has 0 radical (unpaired) electrons. The molecule has 1 atom stereocenters. The van der Waals surface area contributed by atoms with Crippen LogP contribution in [0.4, 0.5) is 0 Å². The number of carbonyl (C=O) groups excluding carboxylic acids is 1. The molecular weight excluding hydrogens is 274 g/mol. The van der Waals surface area contributed by atoms with Crippen LogP contribution in [0, 0.1) is 12.8 Å². The van der Waals surface area contributed by atoms with Crippen molar-refractivity contribution >= 4 is 5.91 Å². The summed E-state index contributed by atoms with van der Waals surface area (Å²) in [7, 11) is 0. The zero-order valence-electron chi connectivity index (χ0n) is 13.3. The van der Waals surface area contributed by atoms with E-state index in [1.807, 2.05) is 30.0 Å². The number of carbonyl (C=O) groups is 1. The van der Waals surface area contributed by atoms with Crippen LogP contribution >= 0.6 is 0 Å². The van der Waals surface area contributed by atoms with Gasteiger partial charge in [0.05, 0.1) is 5.69 Å². The minimum atomic E-state index is 0.0796. The van der Waals surface area contributed by atoms with Gasteiger partial charge in [-0.05, 0) is 32.3 Å². The Kier molecular flexibility index (Phi) is 4.27. The molecule has 0 fully saturated rings. The first-order chi connectivity index (χ1) is 10.7. The topological polar surface area (TPSA) is 49.0 Å². The zero-order valence-corrected chi connectivity index (χ0v) is 13.3. The van der Waals surface area contributed by atoms with Gasteiger partial charge >= 0.3 is 0 Å². The van der Waals surface area contributed by atoms with Crippen LogP contribution in [-0.2, 0) is 24.2 Å². The molecule has 1 unspecified atom stereocenters. The molecule has 1 heterocycles. The standard InChI is InChI=1S/C18H23N3O/c1-3-21(12-14-7-5-4-6-8-14)18(22)15-9-10-16-17(11-15)20-13(2)19-16/h4-8,15H,3,9-12H2,1-2H3,(H,19,20). The fraction of sp³-hybridized carbons (Fsp3) is 0.444. The molecule has 3 rings (SSSR count). The fourth-order valence-corrected chi connectivity index (χ4v) is 3.24. The number of benzene rings is 1. The lowest BCUT2D eigenvalue weighted by Gasteiger charge is -2.28. The van der Waals surface area contributed by atoms with E-state index >= 15 is 0 Å². The molecule has 4 nitrogen and oxygen atoms in total. The van der Waals surface area contributed by atoms with Crippen molar-refractivity contribution in [3.63, 3.8) is 0 Å². The van der Waals surface area contributed by atoms with E-state index in [1.54, 1.807) is 0 Å². The van der Waals surface area contributed by atoms with Gasteiger partial charge in [0.2, 0.25) is 5.91 Å². The Morgan fingerprint density at radius 1 is 1.36 bits per heavy atom. The van der Waals surface area contributed by atoms with Crippen molar-refractivity contribution in [2.75, 3.05) is 6.54 Å². The number of aryl methyl sites for hydroxylation is 2. The van der Waals surface area contributed by atoms with E-state index in [0.717, 1.165) is 43.0 Å². The molecule has 1 aliphatic rings. The van der Waals surface area contributed by atoms with Gasteiger partial charge < -0.3 is 9.88 Å². The molecule has 1 amide bonds. The summed E-state index contributed by atoms with van der Waals surface area (Å²) in [6.07, 6.45) is 2.60. The number of imidazole rings is 1. The lowest BCUT2D eigenvalue weighted by Crippen LogP contribution is -2.38. The van der Waals surface area contributed by atoms with Crippen LogP contribution < -0.4 is 0 Å². The summed E-state index contributed by atoms with van der Waals surface area (Å²) >= 11 is 0. The summed E-state index contributed by atoms with van der Waals surface area (Å²) in [6.45, 7) is 5.47. The van der Waals surface area contributed by atoms with E-state index in [0.29, 0.717) is 6.54 Å². The van der Waals surface area contributed by atoms with Crippen LogP contribution in [-0.4, -0.2) is 27.3 Å². The van der Waals surface area contributed by atoms with Crippen molar-refractivity contribution in [2.24, 2.45) is 5.92 Å². The third-order valence-electron chi connectivity index (χ3n) is 4.42. The average Bonchev–Trinajstić information content (AvgIpc) is 2.92. The van der Waals surface area contributed by atoms with Gasteiger partial charge in [0.1, 0.15) is 5.82 Å². The second kappa shape index (κ2) is 6.34. The highest BCUT2D eigenvalue weighted by molar-refractivity contribution is 5.79. The molecule has 1 N–H and O–H groups in total. The van der Waals surface area contributed by atoms with E-state index in [-0.39, 0.29) is 11.8 Å². The minimum Gasteiger partial charge on any atom is -0.346 e. The maximum atomic E-state index is 12.8. The van der Waals surface area contributed by atoms with E-state index in [1.165, 1.54) is 5.56 Å². The quantitative estimate of drug-likeness (QED) is 0.943. The Hall–Kier alpha value is -2.10. The number of amides is 1. The summed E-state index contributed by atoms with van der Waals surface area (Å²) in [6, 6.07) is 10.2. The number of nitrogens with one attached hydrogen (secondary N) is 1. The van der Waals surface area contributed by atoms with Gasteiger partial charge in [-0.25, -0.2) is 4.98 Å². The van der Waals surface area contributed by atoms with Gasteiger partial charge in [-0.15, -0.1) is 0 Å². The second-order valence-corrected chi connectivity index (χ2v) is 6.03. The number of hydrogen-bond acceptors (Lipinski definition) is 2. The minimum absolute atomic E-state index is 0.0796. The Balaban J connectivity index is 1.70. The molecule has 0 saturated carbocycles. The largest absolute Gasteiger partial charge is 0.346 e. The number of fused-ring (bicyclic) bond motifs is 1. The second-order valence-electron chi connectivity index (χ2n) is 6.03. The van der Waals surface area contributed by atoms with Crippen molar-refractivity contribution in [3.05, 3.63) is 53.1 Å². The molecule has 0 spiro atoms. The molecule has 2 aromatic rings. The Morgan fingerprint density at radius 3 is 2.86 bits per heavy atom. The highest BCUT2D eigenvalue weighted by atomic mass is 16.2. The monoisotopic (exact) mass is 297 g/mol. The summed E-state index contributed by atoms with van der Waals surface area (Å²) in [5, 5.41) is 0. The van der Waals surface area contributed by atoms with Gasteiger partial charge in [0.15, 0.2) is 0 Å². The van der Waals surface area contributed by atoms with Crippen molar-refractivity contribution in [1.82, 2.24) is 14.9 Å². The van der Waals surface area contributed by atoms with Gasteiger partial charge in [-0.3, -0.25) is 4.79 Å². The molecule has 0 aliphatic heterocycles.